The van der Waals surface area contributed by atoms with Gasteiger partial charge in [-0.05, 0) is 30.7 Å². The summed E-state index contributed by atoms with van der Waals surface area (Å²) in [5.74, 6) is 0.938. The van der Waals surface area contributed by atoms with Gasteiger partial charge in [-0.1, -0.05) is 6.07 Å². The van der Waals surface area contributed by atoms with E-state index in [1.807, 2.05) is 0 Å². The zero-order valence-corrected chi connectivity index (χ0v) is 12.2. The Morgan fingerprint density at radius 2 is 2.15 bits per heavy atom. The van der Waals surface area contributed by atoms with Crippen molar-refractivity contribution in [1.29, 1.82) is 0 Å². The van der Waals surface area contributed by atoms with Gasteiger partial charge in [-0.15, -0.1) is 0 Å². The molecule has 0 amide bonds. The summed E-state index contributed by atoms with van der Waals surface area (Å²) in [7, 11) is 1.73. The van der Waals surface area contributed by atoms with E-state index in [1.54, 1.807) is 7.11 Å². The Bertz CT molecular complexity index is 406. The normalized spacial score (nSPS) is 15.4. The Morgan fingerprint density at radius 3 is 2.85 bits per heavy atom. The highest BCUT2D eigenvalue weighted by atomic mass is 16.5. The number of nitrogens with one attached hydrogen (secondary N) is 2. The Balaban J connectivity index is 1.99. The number of hydrogen-bond acceptors (Lipinski definition) is 5. The molecule has 1 aliphatic heterocycles. The Morgan fingerprint density at radius 1 is 1.35 bits per heavy atom. The lowest BCUT2D eigenvalue weighted by atomic mass is 10.1. The third-order valence-corrected chi connectivity index (χ3v) is 3.54. The predicted molar refractivity (Wildman–Crippen MR) is 81.5 cm³/mol. The van der Waals surface area contributed by atoms with Crippen LogP contribution in [0.2, 0.25) is 0 Å². The van der Waals surface area contributed by atoms with Gasteiger partial charge in [0, 0.05) is 39.3 Å². The van der Waals surface area contributed by atoms with Crippen LogP contribution < -0.4 is 20.3 Å². The summed E-state index contributed by atoms with van der Waals surface area (Å²) in [6.07, 6.45) is 0.788. The van der Waals surface area contributed by atoms with Crippen molar-refractivity contribution in [3.8, 4) is 5.75 Å². The zero-order chi connectivity index (χ0) is 14.2. The maximum absolute atomic E-state index is 8.76. The van der Waals surface area contributed by atoms with Crippen LogP contribution in [0.4, 0.5) is 5.69 Å². The number of rotatable bonds is 7. The molecular formula is C15H25N3O2. The van der Waals surface area contributed by atoms with Crippen LogP contribution in [-0.4, -0.2) is 51.5 Å². The quantitative estimate of drug-likeness (QED) is 0.637. The van der Waals surface area contributed by atoms with Gasteiger partial charge in [0.1, 0.15) is 5.75 Å². The third kappa shape index (κ3) is 4.10. The van der Waals surface area contributed by atoms with E-state index in [0.29, 0.717) is 0 Å². The third-order valence-electron chi connectivity index (χ3n) is 3.54. The van der Waals surface area contributed by atoms with Crippen LogP contribution >= 0.6 is 0 Å². The first-order valence-corrected chi connectivity index (χ1v) is 7.29. The van der Waals surface area contributed by atoms with Gasteiger partial charge in [-0.3, -0.25) is 0 Å². The van der Waals surface area contributed by atoms with Crippen LogP contribution in [0.5, 0.6) is 5.75 Å². The molecule has 0 bridgehead atoms. The maximum Gasteiger partial charge on any atom is 0.142 e. The molecule has 0 saturated carbocycles. The number of piperazine rings is 1. The first kappa shape index (κ1) is 15.1. The minimum absolute atomic E-state index is 0.234. The number of nitrogens with zero attached hydrogens (tertiary/aromatic N) is 1. The highest BCUT2D eigenvalue weighted by Gasteiger charge is 2.14. The van der Waals surface area contributed by atoms with E-state index in [4.69, 9.17) is 9.84 Å². The fourth-order valence-electron chi connectivity index (χ4n) is 2.44. The van der Waals surface area contributed by atoms with E-state index in [2.05, 4.69) is 33.7 Å². The molecule has 2 rings (SSSR count). The van der Waals surface area contributed by atoms with Crippen molar-refractivity contribution in [2.75, 3.05) is 51.3 Å². The van der Waals surface area contributed by atoms with Gasteiger partial charge in [-0.25, -0.2) is 0 Å². The minimum Gasteiger partial charge on any atom is -0.495 e. The molecule has 20 heavy (non-hydrogen) atoms. The first-order chi connectivity index (χ1) is 9.85. The molecule has 0 unspecified atom stereocenters. The zero-order valence-electron chi connectivity index (χ0n) is 12.2. The van der Waals surface area contributed by atoms with Gasteiger partial charge in [0.25, 0.3) is 0 Å². The monoisotopic (exact) mass is 279 g/mol. The Kier molecular flexibility index (Phi) is 6.11. The van der Waals surface area contributed by atoms with Crippen molar-refractivity contribution in [3.63, 3.8) is 0 Å². The number of hydrogen-bond donors (Lipinski definition) is 3. The van der Waals surface area contributed by atoms with Crippen molar-refractivity contribution in [2.45, 2.75) is 13.0 Å². The summed E-state index contributed by atoms with van der Waals surface area (Å²) >= 11 is 0. The lowest BCUT2D eigenvalue weighted by molar-refractivity contribution is 0.286. The van der Waals surface area contributed by atoms with Gasteiger partial charge in [0.05, 0.1) is 12.8 Å². The smallest absolute Gasteiger partial charge is 0.142 e. The molecule has 1 saturated heterocycles. The number of benzene rings is 1. The van der Waals surface area contributed by atoms with Crippen molar-refractivity contribution >= 4 is 5.69 Å². The molecule has 0 aromatic heterocycles. The van der Waals surface area contributed by atoms with Gasteiger partial charge < -0.3 is 25.4 Å². The van der Waals surface area contributed by atoms with Gasteiger partial charge in [-0.2, -0.15) is 0 Å². The molecule has 0 spiro atoms. The largest absolute Gasteiger partial charge is 0.495 e. The molecule has 1 fully saturated rings. The van der Waals surface area contributed by atoms with Crippen molar-refractivity contribution in [1.82, 2.24) is 10.6 Å². The average Bonchev–Trinajstić information content (AvgIpc) is 2.52. The molecule has 112 valence electrons. The standard InChI is InChI=1S/C15H25N3O2/c1-20-15-11-13(12-17-5-2-10-19)3-4-14(15)18-8-6-16-7-9-18/h3-4,11,16-17,19H,2,5-10,12H2,1H3. The molecule has 1 aromatic carbocycles. The van der Waals surface area contributed by atoms with Crippen LogP contribution in [0, 0.1) is 0 Å². The second-order valence-electron chi connectivity index (χ2n) is 5.00. The van der Waals surface area contributed by atoms with E-state index in [-0.39, 0.29) is 6.61 Å². The fourth-order valence-corrected chi connectivity index (χ4v) is 2.44. The van der Waals surface area contributed by atoms with Gasteiger partial charge >= 0.3 is 0 Å². The number of methoxy groups -OCH3 is 1. The SMILES string of the molecule is COc1cc(CNCCCO)ccc1N1CCNCC1. The number of anilines is 1. The molecule has 3 N–H and O–H groups in total. The van der Waals surface area contributed by atoms with E-state index >= 15 is 0 Å². The summed E-state index contributed by atoms with van der Waals surface area (Å²) in [6, 6.07) is 6.39. The second-order valence-corrected chi connectivity index (χ2v) is 5.00. The lowest BCUT2D eigenvalue weighted by Crippen LogP contribution is -2.43. The molecule has 1 heterocycles. The van der Waals surface area contributed by atoms with E-state index in [0.717, 1.165) is 51.4 Å². The molecule has 5 nitrogen and oxygen atoms in total. The van der Waals surface area contributed by atoms with E-state index in [1.165, 1.54) is 11.3 Å². The number of ether oxygens (including phenoxy) is 1. The molecule has 0 aliphatic carbocycles. The average molecular weight is 279 g/mol. The molecule has 5 heteroatoms. The Hall–Kier alpha value is -1.30. The maximum atomic E-state index is 8.76. The lowest BCUT2D eigenvalue weighted by Gasteiger charge is -2.30. The molecular weight excluding hydrogens is 254 g/mol. The van der Waals surface area contributed by atoms with Gasteiger partial charge in [0.15, 0.2) is 0 Å². The van der Waals surface area contributed by atoms with Crippen LogP contribution in [0.3, 0.4) is 0 Å². The highest BCUT2D eigenvalue weighted by molar-refractivity contribution is 5.60. The van der Waals surface area contributed by atoms with Crippen molar-refractivity contribution < 1.29 is 9.84 Å². The van der Waals surface area contributed by atoms with E-state index < -0.39 is 0 Å². The first-order valence-electron chi connectivity index (χ1n) is 7.29. The summed E-state index contributed by atoms with van der Waals surface area (Å²) in [5, 5.41) is 15.4. The van der Waals surface area contributed by atoms with Crippen LogP contribution in [0.1, 0.15) is 12.0 Å². The minimum atomic E-state index is 0.234. The highest BCUT2D eigenvalue weighted by Crippen LogP contribution is 2.29. The predicted octanol–water partition coefficient (Wildman–Crippen LogP) is 0.577. The fraction of sp³-hybridized carbons (Fsp3) is 0.600. The Labute approximate surface area is 120 Å². The van der Waals surface area contributed by atoms with Crippen LogP contribution in [0.25, 0.3) is 0 Å². The summed E-state index contributed by atoms with van der Waals surface area (Å²) in [5.41, 5.74) is 2.38. The number of aliphatic hydroxyl groups is 1. The van der Waals surface area contributed by atoms with Crippen LogP contribution in [-0.2, 0) is 6.54 Å². The van der Waals surface area contributed by atoms with Crippen molar-refractivity contribution in [2.24, 2.45) is 0 Å². The topological polar surface area (TPSA) is 56.8 Å². The summed E-state index contributed by atoms with van der Waals surface area (Å²) < 4.78 is 5.54. The van der Waals surface area contributed by atoms with Gasteiger partial charge in [0.2, 0.25) is 0 Å². The molecule has 1 aromatic rings. The summed E-state index contributed by atoms with van der Waals surface area (Å²) in [4.78, 5) is 2.36. The summed E-state index contributed by atoms with van der Waals surface area (Å²) in [6.45, 7) is 5.95. The second kappa shape index (κ2) is 8.09. The molecule has 0 atom stereocenters. The van der Waals surface area contributed by atoms with E-state index in [9.17, 15) is 0 Å². The van der Waals surface area contributed by atoms with Crippen molar-refractivity contribution in [3.05, 3.63) is 23.8 Å². The molecule has 0 radical (unpaired) electrons. The molecule has 1 aliphatic rings. The van der Waals surface area contributed by atoms with Crippen LogP contribution in [0.15, 0.2) is 18.2 Å². The number of aliphatic hydroxyl groups excluding tert-OH is 1.